The van der Waals surface area contributed by atoms with E-state index in [4.69, 9.17) is 32.5 Å². The highest BCUT2D eigenvalue weighted by Gasteiger charge is 2.46. The molecule has 0 bridgehead atoms. The quantitative estimate of drug-likeness (QED) is 0.0598. The summed E-state index contributed by atoms with van der Waals surface area (Å²) in [4.78, 5) is 119. The normalized spacial score (nSPS) is 13.9. The zero-order valence-corrected chi connectivity index (χ0v) is 35.9. The Balaban J connectivity index is 3.92. The van der Waals surface area contributed by atoms with Crippen LogP contribution in [-0.4, -0.2) is 121 Å². The number of aryl methyl sites for hydroxylation is 1. The van der Waals surface area contributed by atoms with Crippen molar-refractivity contribution in [3.8, 4) is 0 Å². The molecule has 20 nitrogen and oxygen atoms in total. The number of hydrogen-bond donors (Lipinski definition) is 10. The molecule has 0 saturated carbocycles. The molecule has 0 unspecified atom stereocenters. The number of carbonyl (C=O) groups excluding carboxylic acids is 6. The molecule has 0 aliphatic heterocycles. The molecule has 61 heavy (non-hydrogen) atoms. The Kier molecular flexibility index (Phi) is 22.3. The lowest BCUT2D eigenvalue weighted by Gasteiger charge is -2.40. The molecule has 0 saturated heterocycles. The van der Waals surface area contributed by atoms with Crippen LogP contribution in [0.4, 0.5) is 0 Å². The lowest BCUT2D eigenvalue weighted by atomic mass is 9.83. The molecule has 0 fully saturated rings. The van der Waals surface area contributed by atoms with Gasteiger partial charge in [-0.15, -0.1) is 0 Å². The second kappa shape index (κ2) is 25.4. The summed E-state index contributed by atoms with van der Waals surface area (Å²) in [6.45, 7) is 9.70. The minimum atomic E-state index is -1.77. The zero-order chi connectivity index (χ0) is 46.8. The summed E-state index contributed by atoms with van der Waals surface area (Å²) in [5, 5.41) is 56.3. The largest absolute Gasteiger partial charge is 0.481 e. The van der Waals surface area contributed by atoms with E-state index in [1.54, 1.807) is 26.8 Å². The molecule has 5 atom stereocenters. The summed E-state index contributed by atoms with van der Waals surface area (Å²) in [5.41, 5.74) is 5.28. The number of allylic oxidation sites excluding steroid dienone is 1. The second-order valence-corrected chi connectivity index (χ2v) is 16.4. The third-order valence-corrected chi connectivity index (χ3v) is 9.25. The second-order valence-electron chi connectivity index (χ2n) is 16.0. The van der Waals surface area contributed by atoms with Gasteiger partial charge in [0.25, 0.3) is 5.91 Å². The number of hydrogen-bond acceptors (Lipinski definition) is 12. The van der Waals surface area contributed by atoms with E-state index in [1.165, 1.54) is 45.2 Å². The first kappa shape index (κ1) is 53.6. The molecule has 1 aromatic rings. The first-order valence-electron chi connectivity index (χ1n) is 19.5. The summed E-state index contributed by atoms with van der Waals surface area (Å²) >= 11 is 6.17. The van der Waals surface area contributed by atoms with E-state index in [2.05, 4.69) is 21.3 Å². The van der Waals surface area contributed by atoms with Gasteiger partial charge in [-0.25, -0.2) is 0 Å². The van der Waals surface area contributed by atoms with Crippen molar-refractivity contribution in [1.29, 1.82) is 0 Å². The molecule has 0 aromatic heterocycles. The highest BCUT2D eigenvalue weighted by atomic mass is 35.5. The number of nitrogens with zero attached hydrogens (tertiary/aromatic N) is 1. The Bertz CT molecular complexity index is 1790. The van der Waals surface area contributed by atoms with Crippen molar-refractivity contribution >= 4 is 72.1 Å². The van der Waals surface area contributed by atoms with Gasteiger partial charge in [0.1, 0.15) is 24.2 Å². The standard InChI is InChI=1S/C39H58BClN6O14/c1-21(2)17-27(35(56)43-16-8-7-15-40(60)61)45-37(58)33(39(4,5)6)47(29(48)12-14-31(51)52)38(59)28(19-23-9-10-24(41)18-22(23)3)46-36(57)26(11-13-30(49)50)44-34(55)25(42)20-32(53)54/h8-10,16,18,21,25-28,33,60-61H,7,11-15,17,19-20,42H2,1-6H3,(H,43,56)(H,44,55)(H,45,58)(H,46,57)(H,49,50)(H,51,52)(H,53,54)/t25-,26-,27-,28-,33+/m0/s1. The molecule has 22 heteroatoms. The Hall–Kier alpha value is -5.38. The van der Waals surface area contributed by atoms with E-state index in [0.29, 0.717) is 21.0 Å². The van der Waals surface area contributed by atoms with Crippen LogP contribution < -0.4 is 27.0 Å². The summed E-state index contributed by atoms with van der Waals surface area (Å²) in [6.07, 6.45) is -1.04. The Morgan fingerprint density at radius 3 is 1.93 bits per heavy atom. The molecular weight excluding hydrogens is 823 g/mol. The van der Waals surface area contributed by atoms with Crippen molar-refractivity contribution < 1.29 is 68.5 Å². The summed E-state index contributed by atoms with van der Waals surface area (Å²) in [7, 11) is -1.57. The van der Waals surface area contributed by atoms with Crippen LogP contribution >= 0.6 is 11.6 Å². The average molecular weight is 881 g/mol. The monoisotopic (exact) mass is 880 g/mol. The van der Waals surface area contributed by atoms with E-state index in [1.807, 2.05) is 0 Å². The summed E-state index contributed by atoms with van der Waals surface area (Å²) in [5.74, 6) is -10.7. The predicted molar refractivity (Wildman–Crippen MR) is 221 cm³/mol. The number of nitrogens with two attached hydrogens (primary N) is 1. The van der Waals surface area contributed by atoms with Crippen LogP contribution in [0.1, 0.15) is 90.7 Å². The van der Waals surface area contributed by atoms with Crippen LogP contribution in [0.15, 0.2) is 30.5 Å². The van der Waals surface area contributed by atoms with E-state index in [0.717, 1.165) is 0 Å². The minimum Gasteiger partial charge on any atom is -0.481 e. The number of carbonyl (C=O) groups is 9. The van der Waals surface area contributed by atoms with Gasteiger partial charge in [-0.1, -0.05) is 58.4 Å². The molecule has 0 aliphatic carbocycles. The average Bonchev–Trinajstić information content (AvgIpc) is 3.12. The highest BCUT2D eigenvalue weighted by molar-refractivity contribution is 6.40. The van der Waals surface area contributed by atoms with Gasteiger partial charge in [-0.3, -0.25) is 48.1 Å². The minimum absolute atomic E-state index is 0.0107. The molecule has 0 aliphatic rings. The number of carboxylic acids is 3. The van der Waals surface area contributed by atoms with Gasteiger partial charge in [-0.05, 0) is 73.3 Å². The number of aliphatic carboxylic acids is 3. The van der Waals surface area contributed by atoms with Crippen LogP contribution in [0, 0.1) is 18.3 Å². The predicted octanol–water partition coefficient (Wildman–Crippen LogP) is 0.486. The van der Waals surface area contributed by atoms with Crippen molar-refractivity contribution in [3.05, 3.63) is 46.6 Å². The fourth-order valence-corrected chi connectivity index (χ4v) is 6.22. The summed E-state index contributed by atoms with van der Waals surface area (Å²) < 4.78 is 0. The van der Waals surface area contributed by atoms with Crippen LogP contribution in [-0.2, 0) is 49.6 Å². The van der Waals surface area contributed by atoms with Crippen LogP contribution in [0.5, 0.6) is 0 Å². The fourth-order valence-electron chi connectivity index (χ4n) is 5.99. The third-order valence-electron chi connectivity index (χ3n) is 9.02. The number of amides is 6. The van der Waals surface area contributed by atoms with Gasteiger partial charge in [0.2, 0.25) is 29.5 Å². The SMILES string of the molecule is Cc1cc(Cl)ccc1C[C@H](NC(=O)[C@H](CCC(=O)O)NC(=O)[C@@H](N)CC(=O)O)C(=O)N(C(=O)CCC(=O)O)[C@H](C(=O)N[C@@H](CC(C)C)C(=O)NC=CCCB(O)O)C(C)(C)C. The molecule has 1 aromatic carbocycles. The van der Waals surface area contributed by atoms with Crippen molar-refractivity contribution in [2.75, 3.05) is 0 Å². The Morgan fingerprint density at radius 2 is 1.41 bits per heavy atom. The Labute approximate surface area is 359 Å². The first-order chi connectivity index (χ1) is 28.2. The lowest BCUT2D eigenvalue weighted by molar-refractivity contribution is -0.159. The Morgan fingerprint density at radius 1 is 0.820 bits per heavy atom. The molecule has 0 radical (unpaired) electrons. The number of halogens is 1. The molecule has 0 spiro atoms. The number of nitrogens with one attached hydrogen (secondary N) is 4. The van der Waals surface area contributed by atoms with E-state index in [-0.39, 0.29) is 31.5 Å². The van der Waals surface area contributed by atoms with E-state index >= 15 is 0 Å². The van der Waals surface area contributed by atoms with E-state index < -0.39 is 128 Å². The zero-order valence-electron chi connectivity index (χ0n) is 35.1. The third kappa shape index (κ3) is 19.7. The molecular formula is C39H58BClN6O14. The van der Waals surface area contributed by atoms with Gasteiger partial charge in [-0.2, -0.15) is 0 Å². The van der Waals surface area contributed by atoms with Crippen LogP contribution in [0.3, 0.4) is 0 Å². The topological polar surface area (TPSA) is 332 Å². The molecule has 0 heterocycles. The fraction of sp³-hybridized carbons (Fsp3) is 0.564. The van der Waals surface area contributed by atoms with Crippen LogP contribution in [0.25, 0.3) is 0 Å². The van der Waals surface area contributed by atoms with Gasteiger partial charge >= 0.3 is 25.0 Å². The highest BCUT2D eigenvalue weighted by Crippen LogP contribution is 2.28. The molecule has 1 rings (SSSR count). The smallest absolute Gasteiger partial charge is 0.451 e. The first-order valence-corrected chi connectivity index (χ1v) is 19.9. The summed E-state index contributed by atoms with van der Waals surface area (Å²) in [6, 6.07) is -3.57. The van der Waals surface area contributed by atoms with Gasteiger partial charge in [0.15, 0.2) is 0 Å². The molecule has 338 valence electrons. The number of rotatable bonds is 25. The maximum absolute atomic E-state index is 15.0. The molecule has 11 N–H and O–H groups in total. The molecule has 6 amide bonds. The van der Waals surface area contributed by atoms with Crippen molar-refractivity contribution in [2.45, 2.75) is 129 Å². The van der Waals surface area contributed by atoms with E-state index in [9.17, 15) is 53.4 Å². The maximum atomic E-state index is 15.0. The number of carboxylic acid groups (broad SMARTS) is 3. The van der Waals surface area contributed by atoms with Crippen LogP contribution in [0.2, 0.25) is 11.3 Å². The van der Waals surface area contributed by atoms with Crippen molar-refractivity contribution in [3.63, 3.8) is 0 Å². The number of imide groups is 1. The van der Waals surface area contributed by atoms with Crippen molar-refractivity contribution in [1.82, 2.24) is 26.2 Å². The van der Waals surface area contributed by atoms with Gasteiger partial charge in [0, 0.05) is 24.3 Å². The van der Waals surface area contributed by atoms with Crippen molar-refractivity contribution in [2.24, 2.45) is 17.1 Å². The number of benzene rings is 1. The van der Waals surface area contributed by atoms with Gasteiger partial charge in [0.05, 0.1) is 18.9 Å². The van der Waals surface area contributed by atoms with Gasteiger partial charge < -0.3 is 52.4 Å². The maximum Gasteiger partial charge on any atom is 0.451 e. The lowest BCUT2D eigenvalue weighted by Crippen LogP contribution is -2.64.